The lowest BCUT2D eigenvalue weighted by Gasteiger charge is -2.06. The van der Waals surface area contributed by atoms with E-state index in [9.17, 15) is 4.79 Å². The van der Waals surface area contributed by atoms with Crippen molar-refractivity contribution in [1.29, 1.82) is 0 Å². The summed E-state index contributed by atoms with van der Waals surface area (Å²) in [6.45, 7) is 1.66. The van der Waals surface area contributed by atoms with Crippen LogP contribution in [0.25, 0.3) is 0 Å². The van der Waals surface area contributed by atoms with Crippen molar-refractivity contribution in [2.24, 2.45) is 5.92 Å². The van der Waals surface area contributed by atoms with Gasteiger partial charge < -0.3 is 5.11 Å². The summed E-state index contributed by atoms with van der Waals surface area (Å²) >= 11 is 11.5. The summed E-state index contributed by atoms with van der Waals surface area (Å²) < 4.78 is 0. The van der Waals surface area contributed by atoms with Gasteiger partial charge in [0, 0.05) is 0 Å². The maximum atomic E-state index is 10.6. The number of aliphatic carboxylic acids is 1. The van der Waals surface area contributed by atoms with Crippen molar-refractivity contribution >= 4 is 29.2 Å². The van der Waals surface area contributed by atoms with Gasteiger partial charge in [0.25, 0.3) is 0 Å². The van der Waals surface area contributed by atoms with E-state index in [2.05, 4.69) is 0 Å². The molecule has 1 rings (SSSR count). The minimum Gasteiger partial charge on any atom is -0.481 e. The zero-order chi connectivity index (χ0) is 10.7. The van der Waals surface area contributed by atoms with Gasteiger partial charge in [-0.25, -0.2) is 0 Å². The molecule has 0 saturated carbocycles. The van der Waals surface area contributed by atoms with E-state index in [1.807, 2.05) is 0 Å². The van der Waals surface area contributed by atoms with Crippen molar-refractivity contribution in [3.8, 4) is 0 Å². The summed E-state index contributed by atoms with van der Waals surface area (Å²) in [5.74, 6) is -1.22. The number of hydrogen-bond acceptors (Lipinski definition) is 1. The molecule has 0 fully saturated rings. The maximum absolute atomic E-state index is 10.6. The number of carbonyl (C=O) groups is 1. The summed E-state index contributed by atoms with van der Waals surface area (Å²) in [4.78, 5) is 10.6. The molecule has 1 aromatic carbocycles. The largest absolute Gasteiger partial charge is 0.481 e. The molecule has 1 atom stereocenters. The molecule has 1 unspecified atom stereocenters. The first kappa shape index (κ1) is 11.3. The molecule has 14 heavy (non-hydrogen) atoms. The van der Waals surface area contributed by atoms with Crippen LogP contribution < -0.4 is 0 Å². The van der Waals surface area contributed by atoms with Crippen molar-refractivity contribution in [3.05, 3.63) is 33.8 Å². The van der Waals surface area contributed by atoms with Crippen LogP contribution in [-0.2, 0) is 11.2 Å². The van der Waals surface area contributed by atoms with Crippen LogP contribution in [0.4, 0.5) is 0 Å². The molecule has 4 heteroatoms. The number of carboxylic acid groups (broad SMARTS) is 1. The first-order valence-electron chi connectivity index (χ1n) is 4.17. The van der Waals surface area contributed by atoms with Crippen molar-refractivity contribution in [2.45, 2.75) is 13.3 Å². The fourth-order valence-corrected chi connectivity index (χ4v) is 1.43. The van der Waals surface area contributed by atoms with Gasteiger partial charge in [-0.15, -0.1) is 0 Å². The molecular formula is C10H10Cl2O2. The lowest BCUT2D eigenvalue weighted by atomic mass is 10.0. The van der Waals surface area contributed by atoms with E-state index in [1.54, 1.807) is 25.1 Å². The van der Waals surface area contributed by atoms with Crippen LogP contribution in [0.1, 0.15) is 12.5 Å². The molecular weight excluding hydrogens is 223 g/mol. The zero-order valence-electron chi connectivity index (χ0n) is 7.63. The third-order valence-corrected chi connectivity index (χ3v) is 2.69. The summed E-state index contributed by atoms with van der Waals surface area (Å²) in [5, 5.41) is 9.65. The van der Waals surface area contributed by atoms with E-state index < -0.39 is 11.9 Å². The summed E-state index contributed by atoms with van der Waals surface area (Å²) in [7, 11) is 0. The quantitative estimate of drug-likeness (QED) is 0.869. The SMILES string of the molecule is CC(Cc1ccc(Cl)c(Cl)c1)C(=O)O. The molecule has 0 saturated heterocycles. The summed E-state index contributed by atoms with van der Waals surface area (Å²) in [6, 6.07) is 5.16. The maximum Gasteiger partial charge on any atom is 0.306 e. The van der Waals surface area contributed by atoms with Gasteiger partial charge in [-0.1, -0.05) is 36.2 Å². The number of halogens is 2. The molecule has 2 nitrogen and oxygen atoms in total. The van der Waals surface area contributed by atoms with Gasteiger partial charge in [0.1, 0.15) is 0 Å². The minimum atomic E-state index is -0.809. The second-order valence-electron chi connectivity index (χ2n) is 3.19. The van der Waals surface area contributed by atoms with Gasteiger partial charge in [0.15, 0.2) is 0 Å². The Bertz CT molecular complexity index is 350. The lowest BCUT2D eigenvalue weighted by molar-refractivity contribution is -0.141. The fraction of sp³-hybridized carbons (Fsp3) is 0.300. The first-order chi connectivity index (χ1) is 6.50. The molecule has 0 aliphatic heterocycles. The van der Waals surface area contributed by atoms with Gasteiger partial charge in [-0.3, -0.25) is 4.79 Å². The molecule has 0 bridgehead atoms. The number of benzene rings is 1. The third kappa shape index (κ3) is 2.89. The van der Waals surface area contributed by atoms with Crippen molar-refractivity contribution in [1.82, 2.24) is 0 Å². The van der Waals surface area contributed by atoms with Crippen LogP contribution in [-0.4, -0.2) is 11.1 Å². The van der Waals surface area contributed by atoms with Crippen LogP contribution in [0.3, 0.4) is 0 Å². The third-order valence-electron chi connectivity index (χ3n) is 1.95. The smallest absolute Gasteiger partial charge is 0.306 e. The molecule has 1 N–H and O–H groups in total. The Morgan fingerprint density at radius 3 is 2.57 bits per heavy atom. The van der Waals surface area contributed by atoms with E-state index in [-0.39, 0.29) is 0 Å². The highest BCUT2D eigenvalue weighted by Crippen LogP contribution is 2.23. The van der Waals surface area contributed by atoms with Crippen LogP contribution in [0.5, 0.6) is 0 Å². The monoisotopic (exact) mass is 232 g/mol. The Morgan fingerprint density at radius 2 is 2.07 bits per heavy atom. The van der Waals surface area contributed by atoms with Gasteiger partial charge in [-0.05, 0) is 24.1 Å². The second-order valence-corrected chi connectivity index (χ2v) is 4.01. The van der Waals surface area contributed by atoms with Crippen molar-refractivity contribution in [2.75, 3.05) is 0 Å². The standard InChI is InChI=1S/C10H10Cl2O2/c1-6(10(13)14)4-7-2-3-8(11)9(12)5-7/h2-3,5-6H,4H2,1H3,(H,13,14). The normalized spacial score (nSPS) is 12.5. The molecule has 0 amide bonds. The molecule has 0 aliphatic carbocycles. The highest BCUT2D eigenvalue weighted by atomic mass is 35.5. The van der Waals surface area contributed by atoms with Gasteiger partial charge in [0.05, 0.1) is 16.0 Å². The summed E-state index contributed by atoms with van der Waals surface area (Å²) in [6.07, 6.45) is 0.465. The highest BCUT2D eigenvalue weighted by molar-refractivity contribution is 6.42. The van der Waals surface area contributed by atoms with E-state index in [4.69, 9.17) is 28.3 Å². The van der Waals surface area contributed by atoms with Crippen molar-refractivity contribution in [3.63, 3.8) is 0 Å². The molecule has 0 aliphatic rings. The Kier molecular flexibility index (Phi) is 3.78. The number of carboxylic acids is 1. The highest BCUT2D eigenvalue weighted by Gasteiger charge is 2.11. The molecule has 0 heterocycles. The Labute approximate surface area is 92.5 Å². The molecule has 0 spiro atoms. The average molecular weight is 233 g/mol. The lowest BCUT2D eigenvalue weighted by Crippen LogP contribution is -2.12. The first-order valence-corrected chi connectivity index (χ1v) is 4.93. The Hall–Kier alpha value is -0.730. The van der Waals surface area contributed by atoms with Crippen LogP contribution in [0, 0.1) is 5.92 Å². The Morgan fingerprint density at radius 1 is 1.43 bits per heavy atom. The Balaban J connectivity index is 2.78. The van der Waals surface area contributed by atoms with E-state index in [0.717, 1.165) is 5.56 Å². The van der Waals surface area contributed by atoms with Crippen LogP contribution >= 0.6 is 23.2 Å². The van der Waals surface area contributed by atoms with Gasteiger partial charge >= 0.3 is 5.97 Å². The molecule has 76 valence electrons. The molecule has 1 aromatic rings. The molecule has 0 radical (unpaired) electrons. The molecule has 0 aromatic heterocycles. The summed E-state index contributed by atoms with van der Waals surface area (Å²) in [5.41, 5.74) is 0.884. The van der Waals surface area contributed by atoms with Gasteiger partial charge in [0.2, 0.25) is 0 Å². The number of rotatable bonds is 3. The second kappa shape index (κ2) is 4.67. The van der Waals surface area contributed by atoms with Crippen LogP contribution in [0.2, 0.25) is 10.0 Å². The zero-order valence-corrected chi connectivity index (χ0v) is 9.14. The topological polar surface area (TPSA) is 37.3 Å². The van der Waals surface area contributed by atoms with E-state index in [1.165, 1.54) is 0 Å². The van der Waals surface area contributed by atoms with E-state index >= 15 is 0 Å². The predicted molar refractivity (Wildman–Crippen MR) is 57.0 cm³/mol. The van der Waals surface area contributed by atoms with Crippen LogP contribution in [0.15, 0.2) is 18.2 Å². The fourth-order valence-electron chi connectivity index (χ4n) is 1.11. The number of hydrogen-bond donors (Lipinski definition) is 1. The predicted octanol–water partition coefficient (Wildman–Crippen LogP) is 3.26. The average Bonchev–Trinajstić information content (AvgIpc) is 2.11. The minimum absolute atomic E-state index is 0.410. The van der Waals surface area contributed by atoms with E-state index in [0.29, 0.717) is 16.5 Å². The van der Waals surface area contributed by atoms with Gasteiger partial charge in [-0.2, -0.15) is 0 Å². The van der Waals surface area contributed by atoms with Crippen molar-refractivity contribution < 1.29 is 9.90 Å².